The summed E-state index contributed by atoms with van der Waals surface area (Å²) in [5, 5.41) is 5.18. The zero-order valence-electron chi connectivity index (χ0n) is 34.8. The number of nitrogens with zero attached hydrogens (tertiary/aromatic N) is 5. The molecule has 4 aliphatic carbocycles. The van der Waals surface area contributed by atoms with E-state index < -0.39 is 6.17 Å². The molecule has 3 aliphatic heterocycles. The van der Waals surface area contributed by atoms with Gasteiger partial charge in [-0.2, -0.15) is 0 Å². The van der Waals surface area contributed by atoms with Gasteiger partial charge in [0.1, 0.15) is 0 Å². The Hall–Kier alpha value is -6.37. The van der Waals surface area contributed by atoms with Gasteiger partial charge >= 0.3 is 0 Å². The summed E-state index contributed by atoms with van der Waals surface area (Å²) in [6.07, 6.45) is 23.6. The number of aliphatic imine (C=N–C) groups is 3. The van der Waals surface area contributed by atoms with Crippen molar-refractivity contribution in [2.45, 2.75) is 75.9 Å². The highest BCUT2D eigenvalue weighted by atomic mass is 32.1. The van der Waals surface area contributed by atoms with Gasteiger partial charge in [-0.1, -0.05) is 145 Å². The topological polar surface area (TPSA) is 54.4 Å². The summed E-state index contributed by atoms with van der Waals surface area (Å²) in [5.74, 6) is 2.00. The van der Waals surface area contributed by atoms with E-state index in [0.717, 1.165) is 85.4 Å². The van der Waals surface area contributed by atoms with Crippen molar-refractivity contribution in [3.63, 3.8) is 0 Å². The van der Waals surface area contributed by atoms with Crippen molar-refractivity contribution in [2.75, 3.05) is 4.90 Å². The molecule has 304 valence electrons. The molecule has 0 N–H and O–H groups in total. The van der Waals surface area contributed by atoms with Crippen molar-refractivity contribution in [2.24, 2.45) is 20.9 Å². The predicted octanol–water partition coefficient (Wildman–Crippen LogP) is 13.7. The van der Waals surface area contributed by atoms with Crippen LogP contribution in [0.25, 0.3) is 17.0 Å². The van der Waals surface area contributed by atoms with Gasteiger partial charge < -0.3 is 15.2 Å². The third-order valence-corrected chi connectivity index (χ3v) is 15.1. The summed E-state index contributed by atoms with van der Waals surface area (Å²) >= 11 is 2.08. The van der Waals surface area contributed by atoms with E-state index in [0.29, 0.717) is 12.0 Å². The molecular weight excluding hydrogens is 775 g/mol. The Balaban J connectivity index is 0.988. The van der Waals surface area contributed by atoms with Crippen LogP contribution >= 0.6 is 11.3 Å². The fraction of sp³-hybridized carbons (Fsp3) is 0.232. The number of benzene rings is 4. The lowest BCUT2D eigenvalue weighted by atomic mass is 9.76. The van der Waals surface area contributed by atoms with E-state index in [4.69, 9.17) is 20.3 Å². The first-order valence-corrected chi connectivity index (χ1v) is 23.4. The standard InChI is InChI=1S/C56H48N5S/c1-5-16-36(17-6-1)39-22-15-23-40(32-39)42-34-46(56-59-54(37-18-7-2-8-19-37)58-55(60-56)38-20-9-3-10-21-38)53(57-35-42)41-28-30-49-45(33-41)52-50(62-49)31-29-48-51(52)44-26-13-14-27-47(44)61(48)43-24-11-4-12-25-43/h1-12,16-22,24-27,32-33,35,42,48,51,54H,13-15,23,28-31,34H2/q-1. The first kappa shape index (κ1) is 37.4. The van der Waals surface area contributed by atoms with Crippen molar-refractivity contribution in [3.05, 3.63) is 222 Å². The second-order valence-electron chi connectivity index (χ2n) is 17.4. The lowest BCUT2D eigenvalue weighted by molar-refractivity contribution is 0.546. The molecule has 0 amide bonds. The fourth-order valence-electron chi connectivity index (χ4n) is 10.9. The van der Waals surface area contributed by atoms with E-state index in [1.165, 1.54) is 56.1 Å². The normalized spacial score (nSPS) is 23.9. The van der Waals surface area contributed by atoms with Crippen molar-refractivity contribution >= 4 is 46.6 Å². The predicted molar refractivity (Wildman–Crippen MR) is 258 cm³/mol. The molecule has 0 saturated carbocycles. The fourth-order valence-corrected chi connectivity index (χ4v) is 12.3. The Morgan fingerprint density at radius 1 is 0.677 bits per heavy atom. The van der Waals surface area contributed by atoms with E-state index >= 15 is 0 Å². The number of hydrogen-bond donors (Lipinski definition) is 0. The van der Waals surface area contributed by atoms with Crippen molar-refractivity contribution < 1.29 is 0 Å². The van der Waals surface area contributed by atoms with Gasteiger partial charge in [0.15, 0.2) is 0 Å². The molecule has 4 aromatic carbocycles. The molecule has 62 heavy (non-hydrogen) atoms. The van der Waals surface area contributed by atoms with Gasteiger partial charge in [0.2, 0.25) is 0 Å². The number of amidine groups is 2. The maximum Gasteiger partial charge on any atom is 0.0822 e. The van der Waals surface area contributed by atoms with Crippen LogP contribution in [-0.4, -0.2) is 23.9 Å². The minimum atomic E-state index is -0.396. The van der Waals surface area contributed by atoms with Gasteiger partial charge in [0.25, 0.3) is 0 Å². The largest absolute Gasteiger partial charge is 0.438 e. The van der Waals surface area contributed by atoms with E-state index in [9.17, 15) is 0 Å². The molecule has 1 aromatic heterocycles. The van der Waals surface area contributed by atoms with Gasteiger partial charge in [-0.25, -0.2) is 0 Å². The SMILES string of the molecule is C1=NC(C2=Cc3c(sc4c3C3C5=CCCC=C5N(c5ccccc5)C3CC4)CC2)=C(C2=NC(c3ccccc3)[N-]C(c3ccccc3)=N2)CC1C1=CC(c2ccccc2)=CCC1. The molecule has 5 aromatic rings. The number of thiophene rings is 1. The Morgan fingerprint density at radius 3 is 2.23 bits per heavy atom. The Kier molecular flexibility index (Phi) is 9.55. The molecule has 5 nitrogen and oxygen atoms in total. The van der Waals surface area contributed by atoms with Gasteiger partial charge in [-0.3, -0.25) is 9.98 Å². The monoisotopic (exact) mass is 822 g/mol. The number of rotatable bonds is 7. The molecule has 1 fully saturated rings. The van der Waals surface area contributed by atoms with Crippen LogP contribution < -0.4 is 4.90 Å². The third-order valence-electron chi connectivity index (χ3n) is 13.8. The summed E-state index contributed by atoms with van der Waals surface area (Å²) in [4.78, 5) is 22.1. The van der Waals surface area contributed by atoms with Crippen LogP contribution in [0.2, 0.25) is 0 Å². The summed E-state index contributed by atoms with van der Waals surface area (Å²) in [6, 6.07) is 43.2. The molecule has 0 bridgehead atoms. The molecule has 12 rings (SSSR count). The minimum Gasteiger partial charge on any atom is -0.438 e. The molecule has 0 radical (unpaired) electrons. The van der Waals surface area contributed by atoms with E-state index in [-0.39, 0.29) is 5.92 Å². The maximum absolute atomic E-state index is 5.53. The summed E-state index contributed by atoms with van der Waals surface area (Å²) < 4.78 is 0. The number of hydrogen-bond acceptors (Lipinski definition) is 5. The van der Waals surface area contributed by atoms with Crippen molar-refractivity contribution in [1.82, 2.24) is 0 Å². The molecular formula is C56H48N5S-. The van der Waals surface area contributed by atoms with Gasteiger partial charge in [-0.05, 0) is 121 Å². The average Bonchev–Trinajstić information content (AvgIpc) is 3.90. The molecule has 4 unspecified atom stereocenters. The van der Waals surface area contributed by atoms with Crippen LogP contribution in [0.3, 0.4) is 0 Å². The van der Waals surface area contributed by atoms with Crippen LogP contribution in [0.1, 0.15) is 94.6 Å². The van der Waals surface area contributed by atoms with E-state index in [1.807, 2.05) is 0 Å². The van der Waals surface area contributed by atoms with Crippen LogP contribution in [0.4, 0.5) is 5.69 Å². The average molecular weight is 823 g/mol. The first-order valence-electron chi connectivity index (χ1n) is 22.6. The smallest absolute Gasteiger partial charge is 0.0822 e. The lowest BCUT2D eigenvalue weighted by Gasteiger charge is -2.35. The molecule has 0 spiro atoms. The van der Waals surface area contributed by atoms with Crippen LogP contribution in [0.15, 0.2) is 194 Å². The minimum absolute atomic E-state index is 0.147. The molecule has 1 saturated heterocycles. The lowest BCUT2D eigenvalue weighted by Crippen LogP contribution is -2.34. The highest BCUT2D eigenvalue weighted by Crippen LogP contribution is 2.56. The van der Waals surface area contributed by atoms with Gasteiger partial charge in [-0.15, -0.1) is 11.3 Å². The summed E-state index contributed by atoms with van der Waals surface area (Å²) in [6.45, 7) is 0. The number of anilines is 1. The Labute approximate surface area is 368 Å². The number of aryl methyl sites for hydroxylation is 2. The van der Waals surface area contributed by atoms with Crippen LogP contribution in [0, 0.1) is 5.92 Å². The van der Waals surface area contributed by atoms with Crippen molar-refractivity contribution in [1.29, 1.82) is 0 Å². The number of para-hydroxylation sites is 1. The Morgan fingerprint density at radius 2 is 1.42 bits per heavy atom. The summed E-state index contributed by atoms with van der Waals surface area (Å²) in [5.41, 5.74) is 16.8. The molecule has 4 atom stereocenters. The summed E-state index contributed by atoms with van der Waals surface area (Å²) in [7, 11) is 0. The quantitative estimate of drug-likeness (QED) is 0.161. The van der Waals surface area contributed by atoms with Gasteiger partial charge in [0, 0.05) is 50.8 Å². The van der Waals surface area contributed by atoms with Crippen molar-refractivity contribution in [3.8, 4) is 0 Å². The second kappa shape index (κ2) is 15.8. The first-order chi connectivity index (χ1) is 30.7. The third kappa shape index (κ3) is 6.63. The molecule has 4 heterocycles. The Bertz CT molecular complexity index is 2850. The van der Waals surface area contributed by atoms with Gasteiger partial charge in [0.05, 0.1) is 17.7 Å². The van der Waals surface area contributed by atoms with E-state index in [1.54, 1.807) is 10.4 Å². The second-order valence-corrected chi connectivity index (χ2v) is 18.6. The molecule has 7 aliphatic rings. The number of fused-ring (bicyclic) bond motifs is 7. The van der Waals surface area contributed by atoms with Crippen LogP contribution in [0.5, 0.6) is 0 Å². The molecule has 6 heteroatoms. The van der Waals surface area contributed by atoms with E-state index in [2.05, 4.69) is 174 Å². The number of allylic oxidation sites excluding steroid dienone is 8. The zero-order valence-corrected chi connectivity index (χ0v) is 35.6. The highest BCUT2D eigenvalue weighted by Gasteiger charge is 2.47. The maximum atomic E-state index is 5.53. The zero-order chi connectivity index (χ0) is 41.0. The highest BCUT2D eigenvalue weighted by molar-refractivity contribution is 7.12. The van der Waals surface area contributed by atoms with Crippen LogP contribution in [-0.2, 0) is 12.8 Å².